The van der Waals surface area contributed by atoms with Gasteiger partial charge >= 0.3 is 0 Å². The second kappa shape index (κ2) is 5.80. The minimum Gasteiger partial charge on any atom is -0.312 e. The third-order valence-corrected chi connectivity index (χ3v) is 2.89. The lowest BCUT2D eigenvalue weighted by Gasteiger charge is -2.11. The molecule has 1 aromatic rings. The smallest absolute Gasteiger partial charge is 0.274 e. The summed E-state index contributed by atoms with van der Waals surface area (Å²) < 4.78 is 0. The van der Waals surface area contributed by atoms with E-state index in [1.165, 1.54) is 6.42 Å². The Labute approximate surface area is 101 Å². The van der Waals surface area contributed by atoms with Crippen LogP contribution in [0.1, 0.15) is 28.8 Å². The summed E-state index contributed by atoms with van der Waals surface area (Å²) in [5.41, 5.74) is 4.17. The fourth-order valence-corrected chi connectivity index (χ4v) is 1.95. The van der Waals surface area contributed by atoms with Crippen LogP contribution in [0, 0.1) is 6.92 Å². The Hall–Kier alpha value is -1.39. The molecule has 0 radical (unpaired) electrons. The zero-order valence-corrected chi connectivity index (χ0v) is 10.0. The number of hydrogen-bond donors (Lipinski definition) is 2. The molecule has 4 nitrogen and oxygen atoms in total. The quantitative estimate of drug-likeness (QED) is 0.774. The standard InChI is InChI=1S/C13H18N2O2/c1-10-4-2-5-11(8-10)13(16)15-17-9-12-6-3-7-14-12/h2,4-5,8,12,14H,3,6-7,9H2,1H3,(H,15,16). The van der Waals surface area contributed by atoms with Gasteiger partial charge in [0, 0.05) is 11.6 Å². The van der Waals surface area contributed by atoms with Crippen molar-refractivity contribution in [3.05, 3.63) is 35.4 Å². The van der Waals surface area contributed by atoms with E-state index in [9.17, 15) is 4.79 Å². The van der Waals surface area contributed by atoms with Crippen molar-refractivity contribution in [2.75, 3.05) is 13.2 Å². The summed E-state index contributed by atoms with van der Waals surface area (Å²) in [5, 5.41) is 3.30. The van der Waals surface area contributed by atoms with E-state index in [2.05, 4.69) is 10.8 Å². The number of rotatable bonds is 4. The van der Waals surface area contributed by atoms with E-state index in [1.54, 1.807) is 6.07 Å². The van der Waals surface area contributed by atoms with Gasteiger partial charge in [-0.1, -0.05) is 17.7 Å². The van der Waals surface area contributed by atoms with Crippen LogP contribution >= 0.6 is 0 Å². The van der Waals surface area contributed by atoms with Crippen LogP contribution < -0.4 is 10.8 Å². The molecule has 0 bridgehead atoms. The van der Waals surface area contributed by atoms with Crippen LogP contribution in [0.5, 0.6) is 0 Å². The number of amides is 1. The van der Waals surface area contributed by atoms with Crippen molar-refractivity contribution < 1.29 is 9.63 Å². The van der Waals surface area contributed by atoms with E-state index < -0.39 is 0 Å². The molecule has 92 valence electrons. The number of nitrogens with one attached hydrogen (secondary N) is 2. The summed E-state index contributed by atoms with van der Waals surface area (Å²) in [5.74, 6) is -0.188. The molecule has 1 amide bonds. The van der Waals surface area contributed by atoms with Crippen LogP contribution in [-0.4, -0.2) is 25.1 Å². The minimum absolute atomic E-state index is 0.188. The molecular weight excluding hydrogens is 216 g/mol. The topological polar surface area (TPSA) is 50.4 Å². The highest BCUT2D eigenvalue weighted by Gasteiger charge is 2.14. The number of carbonyl (C=O) groups is 1. The van der Waals surface area contributed by atoms with Gasteiger partial charge in [0.05, 0.1) is 6.61 Å². The fourth-order valence-electron chi connectivity index (χ4n) is 1.95. The summed E-state index contributed by atoms with van der Waals surface area (Å²) >= 11 is 0. The maximum Gasteiger partial charge on any atom is 0.274 e. The summed E-state index contributed by atoms with van der Waals surface area (Å²) in [7, 11) is 0. The van der Waals surface area contributed by atoms with Crippen LogP contribution in [0.3, 0.4) is 0 Å². The largest absolute Gasteiger partial charge is 0.312 e. The Bertz CT molecular complexity index is 387. The monoisotopic (exact) mass is 234 g/mol. The van der Waals surface area contributed by atoms with Crippen molar-refractivity contribution in [2.24, 2.45) is 0 Å². The summed E-state index contributed by atoms with van der Waals surface area (Å²) in [6.07, 6.45) is 2.29. The number of hydrogen-bond acceptors (Lipinski definition) is 3. The van der Waals surface area contributed by atoms with Crippen LogP contribution in [0.15, 0.2) is 24.3 Å². The van der Waals surface area contributed by atoms with E-state index >= 15 is 0 Å². The molecule has 1 atom stereocenters. The second-order valence-corrected chi connectivity index (χ2v) is 4.40. The Morgan fingerprint density at radius 1 is 1.59 bits per heavy atom. The molecule has 1 saturated heterocycles. The molecule has 2 N–H and O–H groups in total. The van der Waals surface area contributed by atoms with Gasteiger partial charge in [0.15, 0.2) is 0 Å². The summed E-state index contributed by atoms with van der Waals surface area (Å²) in [6.45, 7) is 3.53. The molecule has 0 spiro atoms. The predicted octanol–water partition coefficient (Wildman–Crippen LogP) is 1.41. The van der Waals surface area contributed by atoms with Gasteiger partial charge in [-0.05, 0) is 38.4 Å². The average molecular weight is 234 g/mol. The lowest BCUT2D eigenvalue weighted by molar-refractivity contribution is 0.0242. The van der Waals surface area contributed by atoms with Gasteiger partial charge in [0.1, 0.15) is 0 Å². The van der Waals surface area contributed by atoms with Crippen LogP contribution in [0.2, 0.25) is 0 Å². The lowest BCUT2D eigenvalue weighted by atomic mass is 10.1. The van der Waals surface area contributed by atoms with Crippen molar-refractivity contribution in [2.45, 2.75) is 25.8 Å². The third kappa shape index (κ3) is 3.54. The van der Waals surface area contributed by atoms with Crippen LogP contribution in [0.25, 0.3) is 0 Å². The third-order valence-electron chi connectivity index (χ3n) is 2.89. The second-order valence-electron chi connectivity index (χ2n) is 4.40. The van der Waals surface area contributed by atoms with Gasteiger partial charge in [-0.2, -0.15) is 0 Å². The molecule has 0 aliphatic carbocycles. The minimum atomic E-state index is -0.188. The van der Waals surface area contributed by atoms with E-state index in [0.717, 1.165) is 18.5 Å². The van der Waals surface area contributed by atoms with Gasteiger partial charge in [0.2, 0.25) is 0 Å². The van der Waals surface area contributed by atoms with Gasteiger partial charge in [-0.3, -0.25) is 9.63 Å². The van der Waals surface area contributed by atoms with E-state index in [0.29, 0.717) is 18.2 Å². The van der Waals surface area contributed by atoms with Crippen molar-refractivity contribution in [3.63, 3.8) is 0 Å². The maximum absolute atomic E-state index is 11.7. The average Bonchev–Trinajstić information content (AvgIpc) is 2.82. The molecule has 1 aromatic carbocycles. The first-order valence-corrected chi connectivity index (χ1v) is 5.98. The molecule has 1 fully saturated rings. The van der Waals surface area contributed by atoms with Gasteiger partial charge in [-0.25, -0.2) is 5.48 Å². The SMILES string of the molecule is Cc1cccc(C(=O)NOCC2CCCN2)c1. The first-order valence-electron chi connectivity index (χ1n) is 5.98. The molecule has 2 rings (SSSR count). The molecule has 1 heterocycles. The Morgan fingerprint density at radius 3 is 3.18 bits per heavy atom. The molecule has 1 aliphatic rings. The zero-order valence-electron chi connectivity index (χ0n) is 10.0. The molecule has 17 heavy (non-hydrogen) atoms. The maximum atomic E-state index is 11.7. The first kappa shape index (κ1) is 12.1. The molecule has 4 heteroatoms. The van der Waals surface area contributed by atoms with Crippen molar-refractivity contribution in [3.8, 4) is 0 Å². The zero-order chi connectivity index (χ0) is 12.1. The van der Waals surface area contributed by atoms with E-state index in [4.69, 9.17) is 4.84 Å². The molecule has 0 saturated carbocycles. The number of aryl methyl sites for hydroxylation is 1. The lowest BCUT2D eigenvalue weighted by Crippen LogP contribution is -2.32. The van der Waals surface area contributed by atoms with E-state index in [-0.39, 0.29) is 5.91 Å². The Morgan fingerprint density at radius 2 is 2.47 bits per heavy atom. The van der Waals surface area contributed by atoms with Gasteiger partial charge in [-0.15, -0.1) is 0 Å². The van der Waals surface area contributed by atoms with Crippen LogP contribution in [-0.2, 0) is 4.84 Å². The van der Waals surface area contributed by atoms with Gasteiger partial charge in [0.25, 0.3) is 5.91 Å². The number of carbonyl (C=O) groups excluding carboxylic acids is 1. The summed E-state index contributed by atoms with van der Waals surface area (Å²) in [6, 6.07) is 7.81. The van der Waals surface area contributed by atoms with E-state index in [1.807, 2.05) is 25.1 Å². The van der Waals surface area contributed by atoms with Crippen molar-refractivity contribution in [1.29, 1.82) is 0 Å². The molecule has 0 aromatic heterocycles. The molecular formula is C13H18N2O2. The Balaban J connectivity index is 1.77. The normalized spacial score (nSPS) is 19.2. The fraction of sp³-hybridized carbons (Fsp3) is 0.462. The molecule has 1 aliphatic heterocycles. The molecule has 1 unspecified atom stereocenters. The highest BCUT2D eigenvalue weighted by Crippen LogP contribution is 2.05. The van der Waals surface area contributed by atoms with Crippen LogP contribution in [0.4, 0.5) is 0 Å². The summed E-state index contributed by atoms with van der Waals surface area (Å²) in [4.78, 5) is 16.9. The first-order chi connectivity index (χ1) is 8.25. The highest BCUT2D eigenvalue weighted by molar-refractivity contribution is 5.93. The predicted molar refractivity (Wildman–Crippen MR) is 65.6 cm³/mol. The van der Waals surface area contributed by atoms with Crippen molar-refractivity contribution in [1.82, 2.24) is 10.8 Å². The van der Waals surface area contributed by atoms with Gasteiger partial charge < -0.3 is 5.32 Å². The highest BCUT2D eigenvalue weighted by atomic mass is 16.7. The number of hydroxylamine groups is 1. The Kier molecular flexibility index (Phi) is 4.12. The van der Waals surface area contributed by atoms with Crippen molar-refractivity contribution >= 4 is 5.91 Å². The number of benzene rings is 1.